The van der Waals surface area contributed by atoms with Crippen LogP contribution < -0.4 is 14.2 Å². The van der Waals surface area contributed by atoms with E-state index < -0.39 is 5.97 Å². The quantitative estimate of drug-likeness (QED) is 0.590. The minimum absolute atomic E-state index is 0.289. The topological polar surface area (TPSA) is 65.0 Å². The van der Waals surface area contributed by atoms with E-state index in [4.69, 9.17) is 19.3 Å². The first-order chi connectivity index (χ1) is 14.6. The van der Waals surface area contributed by atoms with Crippen molar-refractivity contribution in [3.63, 3.8) is 0 Å². The van der Waals surface area contributed by atoms with Crippen LogP contribution in [0.3, 0.4) is 0 Å². The van der Waals surface area contributed by atoms with E-state index in [1.54, 1.807) is 19.2 Å². The van der Waals surface area contributed by atoms with Crippen molar-refractivity contribution in [1.29, 1.82) is 0 Å². The van der Waals surface area contributed by atoms with E-state index in [1.807, 2.05) is 24.3 Å². The summed E-state index contributed by atoms with van der Waals surface area (Å²) in [6.07, 6.45) is 3.51. The van der Waals surface area contributed by atoms with Gasteiger partial charge in [-0.3, -0.25) is 0 Å². The summed E-state index contributed by atoms with van der Waals surface area (Å²) in [5, 5.41) is 9.02. The lowest BCUT2D eigenvalue weighted by molar-refractivity contribution is 0.0697. The average Bonchev–Trinajstić information content (AvgIpc) is 3.24. The Labute approximate surface area is 175 Å². The molecule has 3 aromatic rings. The SMILES string of the molecule is COc1cc(CCc2ccc(C(=O)O)cc2)cc(CCc2ccc3c(c2)OCO3)c1. The van der Waals surface area contributed by atoms with Crippen LogP contribution in [0.25, 0.3) is 0 Å². The van der Waals surface area contributed by atoms with Crippen molar-refractivity contribution in [2.24, 2.45) is 0 Å². The highest BCUT2D eigenvalue weighted by Crippen LogP contribution is 2.33. The van der Waals surface area contributed by atoms with Crippen molar-refractivity contribution in [1.82, 2.24) is 0 Å². The Balaban J connectivity index is 1.41. The van der Waals surface area contributed by atoms with E-state index >= 15 is 0 Å². The van der Waals surface area contributed by atoms with E-state index in [1.165, 1.54) is 16.7 Å². The summed E-state index contributed by atoms with van der Waals surface area (Å²) in [6, 6.07) is 19.5. The maximum atomic E-state index is 11.0. The summed E-state index contributed by atoms with van der Waals surface area (Å²) in [4.78, 5) is 11.0. The number of hydrogen-bond donors (Lipinski definition) is 1. The molecule has 0 aliphatic carbocycles. The Kier molecular flexibility index (Phi) is 5.89. The minimum atomic E-state index is -0.901. The van der Waals surface area contributed by atoms with E-state index in [-0.39, 0.29) is 6.79 Å². The molecule has 5 heteroatoms. The molecule has 0 saturated carbocycles. The number of ether oxygens (including phenoxy) is 3. The monoisotopic (exact) mass is 404 g/mol. The van der Waals surface area contributed by atoms with Crippen LogP contribution in [0.5, 0.6) is 17.2 Å². The minimum Gasteiger partial charge on any atom is -0.497 e. The van der Waals surface area contributed by atoms with Gasteiger partial charge in [-0.25, -0.2) is 4.79 Å². The van der Waals surface area contributed by atoms with Gasteiger partial charge >= 0.3 is 5.97 Å². The van der Waals surface area contributed by atoms with Crippen LogP contribution in [0.1, 0.15) is 32.6 Å². The first kappa shape index (κ1) is 19.8. The highest BCUT2D eigenvalue weighted by Gasteiger charge is 2.13. The number of benzene rings is 3. The maximum Gasteiger partial charge on any atom is 0.335 e. The van der Waals surface area contributed by atoms with E-state index in [9.17, 15) is 4.79 Å². The number of hydrogen-bond acceptors (Lipinski definition) is 4. The number of methoxy groups -OCH3 is 1. The normalized spacial score (nSPS) is 12.0. The molecule has 0 radical (unpaired) electrons. The molecule has 5 nitrogen and oxygen atoms in total. The Bertz CT molecular complexity index is 1040. The Morgan fingerprint density at radius 2 is 1.40 bits per heavy atom. The molecule has 0 atom stereocenters. The zero-order chi connectivity index (χ0) is 20.9. The Morgan fingerprint density at radius 3 is 2.07 bits per heavy atom. The second kappa shape index (κ2) is 8.91. The van der Waals surface area contributed by atoms with Crippen LogP contribution in [0.2, 0.25) is 0 Å². The van der Waals surface area contributed by atoms with Crippen molar-refractivity contribution in [3.05, 3.63) is 88.5 Å². The van der Waals surface area contributed by atoms with Gasteiger partial charge in [-0.1, -0.05) is 24.3 Å². The van der Waals surface area contributed by atoms with Gasteiger partial charge in [-0.15, -0.1) is 0 Å². The molecule has 1 heterocycles. The van der Waals surface area contributed by atoms with Gasteiger partial charge < -0.3 is 19.3 Å². The van der Waals surface area contributed by atoms with Gasteiger partial charge in [0, 0.05) is 0 Å². The second-order valence-corrected chi connectivity index (χ2v) is 7.38. The van der Waals surface area contributed by atoms with Gasteiger partial charge in [-0.2, -0.15) is 0 Å². The molecular formula is C25H24O5. The first-order valence-corrected chi connectivity index (χ1v) is 9.98. The molecule has 154 valence electrons. The standard InChI is InChI=1S/C25H24O5/c1-28-22-13-19(4-2-17-6-9-21(10-7-17)25(26)27)12-20(14-22)5-3-18-8-11-23-24(15-18)30-16-29-23/h6-15H,2-5,16H2,1H3,(H,26,27). The van der Waals surface area contributed by atoms with E-state index in [0.717, 1.165) is 48.5 Å². The molecule has 0 spiro atoms. The molecule has 0 unspecified atom stereocenters. The molecule has 1 N–H and O–H groups in total. The number of fused-ring (bicyclic) bond motifs is 1. The fraction of sp³-hybridized carbons (Fsp3) is 0.240. The summed E-state index contributed by atoms with van der Waals surface area (Å²) in [5.41, 5.74) is 5.07. The molecule has 0 bridgehead atoms. The van der Waals surface area contributed by atoms with Gasteiger partial charge in [0.2, 0.25) is 6.79 Å². The smallest absolute Gasteiger partial charge is 0.335 e. The largest absolute Gasteiger partial charge is 0.497 e. The average molecular weight is 404 g/mol. The predicted molar refractivity (Wildman–Crippen MR) is 114 cm³/mol. The second-order valence-electron chi connectivity index (χ2n) is 7.38. The summed E-state index contributed by atoms with van der Waals surface area (Å²) in [7, 11) is 1.69. The highest BCUT2D eigenvalue weighted by atomic mass is 16.7. The van der Waals surface area contributed by atoms with E-state index in [2.05, 4.69) is 24.3 Å². The summed E-state index contributed by atoms with van der Waals surface area (Å²) in [5.74, 6) is 1.57. The third-order valence-corrected chi connectivity index (χ3v) is 5.30. The van der Waals surface area contributed by atoms with Crippen molar-refractivity contribution in [3.8, 4) is 17.2 Å². The fourth-order valence-electron chi connectivity index (χ4n) is 3.62. The zero-order valence-corrected chi connectivity index (χ0v) is 16.9. The number of carboxylic acids is 1. The molecule has 30 heavy (non-hydrogen) atoms. The zero-order valence-electron chi connectivity index (χ0n) is 16.9. The van der Waals surface area contributed by atoms with Crippen LogP contribution in [0, 0.1) is 0 Å². The molecule has 0 saturated heterocycles. The highest BCUT2D eigenvalue weighted by molar-refractivity contribution is 5.87. The van der Waals surface area contributed by atoms with Crippen molar-refractivity contribution in [2.75, 3.05) is 13.9 Å². The number of carboxylic acid groups (broad SMARTS) is 1. The summed E-state index contributed by atoms with van der Waals surface area (Å²) in [6.45, 7) is 0.289. The molecule has 0 aromatic heterocycles. The van der Waals surface area contributed by atoms with Gasteiger partial charge in [0.1, 0.15) is 5.75 Å². The van der Waals surface area contributed by atoms with Crippen LogP contribution in [0.4, 0.5) is 0 Å². The molecule has 0 amide bonds. The maximum absolute atomic E-state index is 11.0. The third kappa shape index (κ3) is 4.74. The first-order valence-electron chi connectivity index (χ1n) is 9.98. The summed E-state index contributed by atoms with van der Waals surface area (Å²) >= 11 is 0. The number of carbonyl (C=O) groups is 1. The molecule has 1 aliphatic heterocycles. The predicted octanol–water partition coefficient (Wildman–Crippen LogP) is 4.69. The van der Waals surface area contributed by atoms with Crippen LogP contribution in [0.15, 0.2) is 60.7 Å². The van der Waals surface area contributed by atoms with Crippen LogP contribution in [-0.2, 0) is 25.7 Å². The molecular weight excluding hydrogens is 380 g/mol. The Hall–Kier alpha value is -3.47. The van der Waals surface area contributed by atoms with Gasteiger partial charge in [0.05, 0.1) is 12.7 Å². The van der Waals surface area contributed by atoms with Gasteiger partial charge in [0.25, 0.3) is 0 Å². The van der Waals surface area contributed by atoms with Crippen molar-refractivity contribution < 1.29 is 24.1 Å². The lowest BCUT2D eigenvalue weighted by atomic mass is 9.98. The van der Waals surface area contributed by atoms with Crippen molar-refractivity contribution >= 4 is 5.97 Å². The van der Waals surface area contributed by atoms with Crippen LogP contribution >= 0.6 is 0 Å². The van der Waals surface area contributed by atoms with Gasteiger partial charge in [-0.05, 0) is 84.3 Å². The number of aryl methyl sites for hydroxylation is 4. The number of aromatic carboxylic acids is 1. The molecule has 0 fully saturated rings. The molecule has 4 rings (SSSR count). The lowest BCUT2D eigenvalue weighted by Gasteiger charge is -2.10. The molecule has 1 aliphatic rings. The van der Waals surface area contributed by atoms with Crippen molar-refractivity contribution in [2.45, 2.75) is 25.7 Å². The third-order valence-electron chi connectivity index (χ3n) is 5.30. The van der Waals surface area contributed by atoms with Crippen LogP contribution in [-0.4, -0.2) is 25.0 Å². The lowest BCUT2D eigenvalue weighted by Crippen LogP contribution is -1.99. The fourth-order valence-corrected chi connectivity index (χ4v) is 3.62. The van der Waals surface area contributed by atoms with Gasteiger partial charge in [0.15, 0.2) is 11.5 Å². The Morgan fingerprint density at radius 1 is 0.800 bits per heavy atom. The summed E-state index contributed by atoms with van der Waals surface area (Å²) < 4.78 is 16.3. The molecule has 3 aromatic carbocycles. The number of rotatable bonds is 8. The van der Waals surface area contributed by atoms with E-state index in [0.29, 0.717) is 5.56 Å².